The van der Waals surface area contributed by atoms with Crippen molar-refractivity contribution in [2.75, 3.05) is 26.0 Å². The van der Waals surface area contributed by atoms with E-state index in [4.69, 9.17) is 4.74 Å². The quantitative estimate of drug-likeness (QED) is 0.699. The number of amides is 1. The first-order valence-corrected chi connectivity index (χ1v) is 10.2. The van der Waals surface area contributed by atoms with Crippen LogP contribution in [0.5, 0.6) is 5.75 Å². The lowest BCUT2D eigenvalue weighted by Gasteiger charge is -2.31. The molecule has 0 saturated heterocycles. The minimum atomic E-state index is -0.0644. The van der Waals surface area contributed by atoms with Gasteiger partial charge in [-0.3, -0.25) is 4.79 Å². The Balaban J connectivity index is 1.53. The lowest BCUT2D eigenvalue weighted by Crippen LogP contribution is -2.27. The number of hydrogen-bond acceptors (Lipinski definition) is 5. The number of nitrogens with zero attached hydrogens (tertiary/aromatic N) is 2. The molecule has 144 valence electrons. The molecule has 5 nitrogen and oxygen atoms in total. The Morgan fingerprint density at radius 2 is 2.04 bits per heavy atom. The van der Waals surface area contributed by atoms with E-state index in [1.807, 2.05) is 42.5 Å². The Kier molecular flexibility index (Phi) is 5.41. The molecule has 1 aromatic heterocycles. The van der Waals surface area contributed by atoms with Gasteiger partial charge in [0.05, 0.1) is 29.9 Å². The predicted molar refractivity (Wildman–Crippen MR) is 113 cm³/mol. The fraction of sp³-hybridized carbons (Fsp3) is 0.273. The third kappa shape index (κ3) is 3.79. The van der Waals surface area contributed by atoms with Gasteiger partial charge in [-0.15, -0.1) is 11.3 Å². The second-order valence-electron chi connectivity index (χ2n) is 7.06. The predicted octanol–water partition coefficient (Wildman–Crippen LogP) is 4.38. The molecule has 3 aromatic rings. The number of thiazole rings is 1. The number of rotatable bonds is 5. The van der Waals surface area contributed by atoms with Gasteiger partial charge in [0.25, 0.3) is 0 Å². The molecule has 0 bridgehead atoms. The van der Waals surface area contributed by atoms with Crippen LogP contribution in [0.1, 0.15) is 22.9 Å². The first-order valence-electron chi connectivity index (χ1n) is 9.33. The third-order valence-electron chi connectivity index (χ3n) is 4.95. The van der Waals surface area contributed by atoms with Crippen molar-refractivity contribution in [3.63, 3.8) is 0 Å². The van der Waals surface area contributed by atoms with Crippen LogP contribution in [0.2, 0.25) is 0 Å². The summed E-state index contributed by atoms with van der Waals surface area (Å²) in [6.07, 6.45) is 1.23. The first kappa shape index (κ1) is 18.7. The van der Waals surface area contributed by atoms with Crippen LogP contribution >= 0.6 is 11.3 Å². The number of para-hydroxylation sites is 1. The van der Waals surface area contributed by atoms with Gasteiger partial charge in [-0.1, -0.05) is 42.5 Å². The van der Waals surface area contributed by atoms with Crippen molar-refractivity contribution in [3.8, 4) is 17.0 Å². The molecule has 0 fully saturated rings. The maximum atomic E-state index is 12.8. The fourth-order valence-corrected chi connectivity index (χ4v) is 4.39. The van der Waals surface area contributed by atoms with Crippen molar-refractivity contribution >= 4 is 22.9 Å². The zero-order valence-corrected chi connectivity index (χ0v) is 16.8. The van der Waals surface area contributed by atoms with E-state index in [1.54, 1.807) is 5.51 Å². The molecule has 28 heavy (non-hydrogen) atoms. The Morgan fingerprint density at radius 1 is 1.21 bits per heavy atom. The van der Waals surface area contributed by atoms with Crippen LogP contribution in [0.4, 0.5) is 5.69 Å². The Morgan fingerprint density at radius 3 is 2.82 bits per heavy atom. The summed E-state index contributed by atoms with van der Waals surface area (Å²) in [5, 5.41) is 3.04. The van der Waals surface area contributed by atoms with E-state index in [9.17, 15) is 4.79 Å². The molecule has 0 radical (unpaired) electrons. The zero-order valence-electron chi connectivity index (χ0n) is 16.0. The van der Waals surface area contributed by atoms with Gasteiger partial charge in [0, 0.05) is 28.5 Å². The van der Waals surface area contributed by atoms with Crippen molar-refractivity contribution in [2.24, 2.45) is 0 Å². The SMILES string of the molecule is CN(C)C1CCOc2c(NC(=O)Cc3scnc3-c3ccccc3)cccc21. The molecular formula is C22H23N3O2S. The van der Waals surface area contributed by atoms with Gasteiger partial charge >= 0.3 is 0 Å². The van der Waals surface area contributed by atoms with Crippen LogP contribution in [0, 0.1) is 0 Å². The summed E-state index contributed by atoms with van der Waals surface area (Å²) in [5.41, 5.74) is 5.55. The van der Waals surface area contributed by atoms with Gasteiger partial charge < -0.3 is 15.0 Å². The molecule has 4 rings (SSSR count). The lowest BCUT2D eigenvalue weighted by molar-refractivity contribution is -0.115. The number of benzene rings is 2. The van der Waals surface area contributed by atoms with Crippen LogP contribution in [0.3, 0.4) is 0 Å². The van der Waals surface area contributed by atoms with Crippen LogP contribution in [0.15, 0.2) is 54.0 Å². The molecule has 1 aliphatic rings. The average Bonchev–Trinajstić information content (AvgIpc) is 3.16. The van der Waals surface area contributed by atoms with Gasteiger partial charge in [-0.25, -0.2) is 4.98 Å². The lowest BCUT2D eigenvalue weighted by atomic mass is 9.98. The minimum absolute atomic E-state index is 0.0644. The smallest absolute Gasteiger partial charge is 0.229 e. The molecule has 0 aliphatic carbocycles. The van der Waals surface area contributed by atoms with Gasteiger partial charge in [0.2, 0.25) is 5.91 Å². The van der Waals surface area contributed by atoms with E-state index < -0.39 is 0 Å². The molecule has 1 unspecified atom stereocenters. The molecule has 6 heteroatoms. The molecular weight excluding hydrogens is 370 g/mol. The fourth-order valence-electron chi connectivity index (χ4n) is 3.61. The first-order chi connectivity index (χ1) is 13.6. The summed E-state index contributed by atoms with van der Waals surface area (Å²) in [7, 11) is 4.14. The van der Waals surface area contributed by atoms with E-state index in [2.05, 4.69) is 35.4 Å². The van der Waals surface area contributed by atoms with E-state index in [-0.39, 0.29) is 12.3 Å². The maximum Gasteiger partial charge on any atom is 0.229 e. The maximum absolute atomic E-state index is 12.8. The van der Waals surface area contributed by atoms with Crippen molar-refractivity contribution < 1.29 is 9.53 Å². The highest BCUT2D eigenvalue weighted by atomic mass is 32.1. The second-order valence-corrected chi connectivity index (χ2v) is 7.99. The second kappa shape index (κ2) is 8.12. The zero-order chi connectivity index (χ0) is 19.5. The monoisotopic (exact) mass is 393 g/mol. The summed E-state index contributed by atoms with van der Waals surface area (Å²) >= 11 is 1.51. The largest absolute Gasteiger partial charge is 0.491 e. The van der Waals surface area contributed by atoms with Crippen LogP contribution < -0.4 is 10.1 Å². The molecule has 1 atom stereocenters. The number of hydrogen-bond donors (Lipinski definition) is 1. The highest BCUT2D eigenvalue weighted by molar-refractivity contribution is 7.10. The van der Waals surface area contributed by atoms with Gasteiger partial charge in [-0.05, 0) is 20.2 Å². The number of aromatic nitrogens is 1. The summed E-state index contributed by atoms with van der Waals surface area (Å²) in [6, 6.07) is 16.2. The van der Waals surface area contributed by atoms with E-state index >= 15 is 0 Å². The number of fused-ring (bicyclic) bond motifs is 1. The third-order valence-corrected chi connectivity index (χ3v) is 5.78. The van der Waals surface area contributed by atoms with E-state index in [0.29, 0.717) is 12.6 Å². The van der Waals surface area contributed by atoms with E-state index in [1.165, 1.54) is 11.3 Å². The number of carbonyl (C=O) groups excluding carboxylic acids is 1. The average molecular weight is 394 g/mol. The van der Waals surface area contributed by atoms with Gasteiger partial charge in [0.15, 0.2) is 0 Å². The number of carbonyl (C=O) groups is 1. The summed E-state index contributed by atoms with van der Waals surface area (Å²) in [5.74, 6) is 0.721. The molecule has 2 heterocycles. The van der Waals surface area contributed by atoms with Crippen molar-refractivity contribution in [1.29, 1.82) is 0 Å². The van der Waals surface area contributed by atoms with Crippen LogP contribution in [-0.2, 0) is 11.2 Å². The summed E-state index contributed by atoms with van der Waals surface area (Å²) in [6.45, 7) is 0.649. The van der Waals surface area contributed by atoms with Crippen LogP contribution in [0.25, 0.3) is 11.3 Å². The van der Waals surface area contributed by atoms with Crippen LogP contribution in [-0.4, -0.2) is 36.5 Å². The summed E-state index contributed by atoms with van der Waals surface area (Å²) < 4.78 is 5.91. The molecule has 1 aliphatic heterocycles. The summed E-state index contributed by atoms with van der Waals surface area (Å²) in [4.78, 5) is 20.4. The Bertz CT molecular complexity index is 969. The number of nitrogens with one attached hydrogen (secondary N) is 1. The van der Waals surface area contributed by atoms with Gasteiger partial charge in [-0.2, -0.15) is 0 Å². The highest BCUT2D eigenvalue weighted by Crippen LogP contribution is 2.40. The minimum Gasteiger partial charge on any atom is -0.491 e. The van der Waals surface area contributed by atoms with Crippen molar-refractivity contribution in [3.05, 3.63) is 64.5 Å². The highest BCUT2D eigenvalue weighted by Gasteiger charge is 2.25. The Hall–Kier alpha value is -2.70. The number of ether oxygens (including phenoxy) is 1. The number of anilines is 1. The molecule has 2 aromatic carbocycles. The molecule has 0 saturated carbocycles. The van der Waals surface area contributed by atoms with Crippen molar-refractivity contribution in [2.45, 2.75) is 18.9 Å². The Labute approximate surface area is 169 Å². The molecule has 0 spiro atoms. The van der Waals surface area contributed by atoms with E-state index in [0.717, 1.165) is 39.6 Å². The molecule has 1 amide bonds. The standard InChI is InChI=1S/C22H23N3O2S/c1-25(2)18-11-12-27-22-16(18)9-6-10-17(22)24-20(26)13-19-21(23-14-28-19)15-7-4-3-5-8-15/h3-10,14,18H,11-13H2,1-2H3,(H,24,26). The van der Waals surface area contributed by atoms with Gasteiger partial charge in [0.1, 0.15) is 5.75 Å². The normalized spacial score (nSPS) is 15.8. The molecule has 1 N–H and O–H groups in total. The topological polar surface area (TPSA) is 54.5 Å². The van der Waals surface area contributed by atoms with Crippen molar-refractivity contribution in [1.82, 2.24) is 9.88 Å².